The van der Waals surface area contributed by atoms with Crippen LogP contribution >= 0.6 is 0 Å². The lowest BCUT2D eigenvalue weighted by Gasteiger charge is -2.21. The average Bonchev–Trinajstić information content (AvgIpc) is 2.58. The van der Waals surface area contributed by atoms with Gasteiger partial charge in [-0.05, 0) is 6.42 Å². The van der Waals surface area contributed by atoms with Crippen LogP contribution in [0.5, 0.6) is 0 Å². The van der Waals surface area contributed by atoms with E-state index in [0.717, 1.165) is 30.6 Å². The highest BCUT2D eigenvalue weighted by molar-refractivity contribution is 5.88. The van der Waals surface area contributed by atoms with Gasteiger partial charge in [0.05, 0.1) is 13.7 Å². The van der Waals surface area contributed by atoms with E-state index < -0.39 is 23.9 Å². The molecular weight excluding hydrogens is 318 g/mol. The van der Waals surface area contributed by atoms with Crippen molar-refractivity contribution in [1.82, 2.24) is 15.5 Å². The second kappa shape index (κ2) is 13.1. The third kappa shape index (κ3) is 10.4. The van der Waals surface area contributed by atoms with E-state index in [1.165, 1.54) is 14.2 Å². The lowest BCUT2D eigenvalue weighted by Crippen LogP contribution is -2.48. The first kappa shape index (κ1) is 21.7. The Morgan fingerprint density at radius 1 is 1.00 bits per heavy atom. The summed E-state index contributed by atoms with van der Waals surface area (Å²) in [6.07, 6.45) is 3.86. The van der Waals surface area contributed by atoms with Crippen LogP contribution in [0.3, 0.4) is 0 Å². The first-order valence-corrected chi connectivity index (χ1v) is 7.90. The molecular formula is C15H27N3O6. The number of ether oxygens (including phenoxy) is 2. The number of amides is 3. The molecule has 0 saturated carbocycles. The lowest BCUT2D eigenvalue weighted by atomic mass is 10.2. The van der Waals surface area contributed by atoms with Gasteiger partial charge in [-0.1, -0.05) is 26.2 Å². The maximum atomic E-state index is 12.0. The molecule has 2 N–H and O–H groups in total. The molecule has 0 saturated heterocycles. The first-order chi connectivity index (χ1) is 11.4. The summed E-state index contributed by atoms with van der Waals surface area (Å²) in [6, 6.07) is -0.730. The molecule has 138 valence electrons. The zero-order valence-electron chi connectivity index (χ0n) is 14.6. The summed E-state index contributed by atoms with van der Waals surface area (Å²) >= 11 is 0. The van der Waals surface area contributed by atoms with Crippen molar-refractivity contribution in [1.29, 1.82) is 0 Å². The van der Waals surface area contributed by atoms with E-state index in [-0.39, 0.29) is 26.2 Å². The highest BCUT2D eigenvalue weighted by Gasteiger charge is 2.21. The van der Waals surface area contributed by atoms with Gasteiger partial charge in [0.2, 0.25) is 5.91 Å². The predicted molar refractivity (Wildman–Crippen MR) is 86.2 cm³/mol. The van der Waals surface area contributed by atoms with Crippen molar-refractivity contribution < 1.29 is 28.7 Å². The third-order valence-corrected chi connectivity index (χ3v) is 3.09. The molecule has 0 bridgehead atoms. The van der Waals surface area contributed by atoms with Crippen molar-refractivity contribution in [2.24, 2.45) is 0 Å². The number of rotatable bonds is 11. The quantitative estimate of drug-likeness (QED) is 0.404. The summed E-state index contributed by atoms with van der Waals surface area (Å²) in [5, 5.41) is 4.64. The number of unbranched alkanes of at least 4 members (excludes halogenated alkanes) is 3. The maximum Gasteiger partial charge on any atom is 0.325 e. The van der Waals surface area contributed by atoms with Crippen LogP contribution in [-0.4, -0.2) is 69.2 Å². The molecule has 0 aliphatic rings. The Morgan fingerprint density at radius 3 is 2.29 bits per heavy atom. The highest BCUT2D eigenvalue weighted by Crippen LogP contribution is 2.00. The van der Waals surface area contributed by atoms with E-state index in [1.54, 1.807) is 0 Å². The smallest absolute Gasteiger partial charge is 0.325 e. The van der Waals surface area contributed by atoms with Crippen molar-refractivity contribution in [3.05, 3.63) is 0 Å². The minimum atomic E-state index is -0.730. The monoisotopic (exact) mass is 345 g/mol. The van der Waals surface area contributed by atoms with Crippen LogP contribution in [0.4, 0.5) is 4.79 Å². The molecule has 0 radical (unpaired) electrons. The van der Waals surface area contributed by atoms with Gasteiger partial charge in [-0.2, -0.15) is 0 Å². The summed E-state index contributed by atoms with van der Waals surface area (Å²) in [5.41, 5.74) is 0. The number of nitrogens with one attached hydrogen (secondary N) is 2. The molecule has 24 heavy (non-hydrogen) atoms. The van der Waals surface area contributed by atoms with Gasteiger partial charge in [-0.3, -0.25) is 14.4 Å². The summed E-state index contributed by atoms with van der Waals surface area (Å²) in [4.78, 5) is 47.2. The normalized spacial score (nSPS) is 9.79. The van der Waals surface area contributed by atoms with Crippen molar-refractivity contribution in [3.8, 4) is 0 Å². The molecule has 0 aromatic heterocycles. The zero-order valence-corrected chi connectivity index (χ0v) is 14.6. The van der Waals surface area contributed by atoms with Crippen molar-refractivity contribution in [2.75, 3.05) is 40.4 Å². The summed E-state index contributed by atoms with van der Waals surface area (Å²) in [7, 11) is 2.60. The van der Waals surface area contributed by atoms with Gasteiger partial charge < -0.3 is 25.0 Å². The number of hydrogen-bond donors (Lipinski definition) is 2. The van der Waals surface area contributed by atoms with Crippen molar-refractivity contribution in [2.45, 2.75) is 32.6 Å². The second-order valence-corrected chi connectivity index (χ2v) is 5.05. The molecule has 3 amide bonds. The Morgan fingerprint density at radius 2 is 1.71 bits per heavy atom. The van der Waals surface area contributed by atoms with Gasteiger partial charge in [-0.15, -0.1) is 0 Å². The number of nitrogens with zero attached hydrogens (tertiary/aromatic N) is 1. The number of hydrogen-bond acceptors (Lipinski definition) is 6. The predicted octanol–water partition coefficient (Wildman–Crippen LogP) is 0.0405. The van der Waals surface area contributed by atoms with Crippen molar-refractivity contribution in [3.63, 3.8) is 0 Å². The fourth-order valence-electron chi connectivity index (χ4n) is 1.70. The van der Waals surface area contributed by atoms with Crippen LogP contribution in [0.2, 0.25) is 0 Å². The summed E-state index contributed by atoms with van der Waals surface area (Å²) < 4.78 is 9.45. The maximum absolute atomic E-state index is 12.0. The van der Waals surface area contributed by atoms with Gasteiger partial charge in [-0.25, -0.2) is 4.79 Å². The Labute approximate surface area is 142 Å². The molecule has 0 rings (SSSR count). The fourth-order valence-corrected chi connectivity index (χ4v) is 1.70. The van der Waals surface area contributed by atoms with Crippen LogP contribution in [-0.2, 0) is 23.9 Å². The number of carbonyl (C=O) groups excluding carboxylic acids is 4. The Hall–Kier alpha value is -2.32. The fraction of sp³-hybridized carbons (Fsp3) is 0.733. The Balaban J connectivity index is 4.43. The summed E-state index contributed by atoms with van der Waals surface area (Å²) in [6.45, 7) is 1.29. The topological polar surface area (TPSA) is 114 Å². The number of carbonyl (C=O) groups is 4. The number of esters is 2. The van der Waals surface area contributed by atoms with Gasteiger partial charge >= 0.3 is 18.0 Å². The van der Waals surface area contributed by atoms with Gasteiger partial charge in [0.25, 0.3) is 0 Å². The number of likely N-dealkylation sites (N-methyl/N-ethyl adjacent to an activating group) is 1. The molecule has 0 atom stereocenters. The van der Waals surface area contributed by atoms with Crippen LogP contribution < -0.4 is 10.6 Å². The minimum absolute atomic E-state index is 0.274. The third-order valence-electron chi connectivity index (χ3n) is 3.09. The molecule has 9 nitrogen and oxygen atoms in total. The molecule has 9 heteroatoms. The first-order valence-electron chi connectivity index (χ1n) is 7.90. The van der Waals surface area contributed by atoms with Gasteiger partial charge in [0, 0.05) is 7.05 Å². The highest BCUT2D eigenvalue weighted by atomic mass is 16.5. The minimum Gasteiger partial charge on any atom is -0.468 e. The summed E-state index contributed by atoms with van der Waals surface area (Å²) in [5.74, 6) is -1.69. The molecule has 0 spiro atoms. The standard InChI is InChI=1S/C15H27N3O6/c1-4-5-6-7-8-24-14(21)11-18(10-12(19)16-2)15(22)17-9-13(20)23-3/h4-11H2,1-3H3,(H,16,19)(H,17,22). The van der Waals surface area contributed by atoms with E-state index in [9.17, 15) is 19.2 Å². The van der Waals surface area contributed by atoms with E-state index in [2.05, 4.69) is 22.3 Å². The molecule has 0 aromatic rings. The van der Waals surface area contributed by atoms with Crippen LogP contribution in [0.1, 0.15) is 32.6 Å². The molecule has 0 aliphatic heterocycles. The van der Waals surface area contributed by atoms with Gasteiger partial charge in [0.15, 0.2) is 0 Å². The Bertz CT molecular complexity index is 427. The molecule has 0 aromatic carbocycles. The number of methoxy groups -OCH3 is 1. The van der Waals surface area contributed by atoms with Crippen molar-refractivity contribution >= 4 is 23.9 Å². The molecule has 0 unspecified atom stereocenters. The largest absolute Gasteiger partial charge is 0.468 e. The molecule has 0 fully saturated rings. The lowest BCUT2D eigenvalue weighted by molar-refractivity contribution is -0.144. The molecule has 0 aliphatic carbocycles. The van der Waals surface area contributed by atoms with E-state index in [4.69, 9.17) is 4.74 Å². The molecule has 0 heterocycles. The Kier molecular flexibility index (Phi) is 11.9. The SMILES string of the molecule is CCCCCCOC(=O)CN(CC(=O)NC)C(=O)NCC(=O)OC. The van der Waals surface area contributed by atoms with Crippen LogP contribution in [0, 0.1) is 0 Å². The van der Waals surface area contributed by atoms with Crippen LogP contribution in [0.15, 0.2) is 0 Å². The zero-order chi connectivity index (χ0) is 18.4. The van der Waals surface area contributed by atoms with Gasteiger partial charge in [0.1, 0.15) is 19.6 Å². The average molecular weight is 345 g/mol. The van der Waals surface area contributed by atoms with E-state index >= 15 is 0 Å². The number of urea groups is 1. The van der Waals surface area contributed by atoms with E-state index in [0.29, 0.717) is 0 Å². The van der Waals surface area contributed by atoms with Crippen LogP contribution in [0.25, 0.3) is 0 Å². The van der Waals surface area contributed by atoms with E-state index in [1.807, 2.05) is 0 Å². The second-order valence-electron chi connectivity index (χ2n) is 5.05.